The van der Waals surface area contributed by atoms with Crippen LogP contribution in [0, 0.1) is 5.82 Å². The van der Waals surface area contributed by atoms with Crippen molar-refractivity contribution >= 4 is 35.2 Å². The maximum Gasteiger partial charge on any atom is 0.269 e. The summed E-state index contributed by atoms with van der Waals surface area (Å²) in [6.07, 6.45) is 0.880. The third-order valence-electron chi connectivity index (χ3n) is 3.53. The average Bonchev–Trinajstić information content (AvgIpc) is 2.68. The Morgan fingerprint density at radius 1 is 0.889 bits per heavy atom. The van der Waals surface area contributed by atoms with Crippen molar-refractivity contribution in [2.45, 2.75) is 13.3 Å². The number of carbonyl (C=O) groups is 3. The Bertz CT molecular complexity index is 795. The quantitative estimate of drug-likeness (QED) is 0.635. The summed E-state index contributed by atoms with van der Waals surface area (Å²) in [6.45, 7) is 2.02. The molecule has 0 aliphatic heterocycles. The van der Waals surface area contributed by atoms with Gasteiger partial charge in [-0.05, 0) is 48.4 Å². The zero-order chi connectivity index (χ0) is 19.6. The highest BCUT2D eigenvalue weighted by atomic mass is 32.2. The lowest BCUT2D eigenvalue weighted by Crippen LogP contribution is -2.42. The van der Waals surface area contributed by atoms with Gasteiger partial charge in [-0.15, -0.1) is 11.8 Å². The summed E-state index contributed by atoms with van der Waals surface area (Å²) < 4.78 is 12.8. The first kappa shape index (κ1) is 20.4. The minimum atomic E-state index is -0.423. The molecule has 2 aromatic carbocycles. The van der Waals surface area contributed by atoms with Gasteiger partial charge in [0.1, 0.15) is 5.82 Å². The molecule has 0 radical (unpaired) electrons. The molecular weight excluding hydrogens is 369 g/mol. The second kappa shape index (κ2) is 10.3. The zero-order valence-electron chi connectivity index (χ0n) is 14.8. The van der Waals surface area contributed by atoms with Crippen molar-refractivity contribution in [2.75, 3.05) is 16.8 Å². The Balaban J connectivity index is 1.65. The van der Waals surface area contributed by atoms with E-state index >= 15 is 0 Å². The van der Waals surface area contributed by atoms with Crippen LogP contribution in [0.4, 0.5) is 10.1 Å². The molecule has 0 spiro atoms. The van der Waals surface area contributed by atoms with E-state index in [9.17, 15) is 18.8 Å². The van der Waals surface area contributed by atoms with Gasteiger partial charge >= 0.3 is 0 Å². The first-order valence-electron chi connectivity index (χ1n) is 8.29. The summed E-state index contributed by atoms with van der Waals surface area (Å²) in [5.74, 6) is -1.47. The molecule has 6 nitrogen and oxygen atoms in total. The Morgan fingerprint density at radius 2 is 1.52 bits per heavy atom. The fraction of sp³-hybridized carbons (Fsp3) is 0.211. The van der Waals surface area contributed by atoms with Gasteiger partial charge in [-0.3, -0.25) is 25.2 Å². The molecule has 2 rings (SSSR count). The molecule has 2 aromatic rings. The second-order valence-corrected chi connectivity index (χ2v) is 6.59. The largest absolute Gasteiger partial charge is 0.325 e. The minimum Gasteiger partial charge on any atom is -0.325 e. The molecule has 3 N–H and O–H groups in total. The predicted molar refractivity (Wildman–Crippen MR) is 104 cm³/mol. The van der Waals surface area contributed by atoms with Crippen LogP contribution in [0.3, 0.4) is 0 Å². The van der Waals surface area contributed by atoms with Crippen LogP contribution < -0.4 is 16.2 Å². The molecule has 0 heterocycles. The first-order valence-corrected chi connectivity index (χ1v) is 9.44. The number of rotatable bonds is 7. The lowest BCUT2D eigenvalue weighted by atomic mass is 10.1. The predicted octanol–water partition coefficient (Wildman–Crippen LogP) is 2.52. The Labute approximate surface area is 160 Å². The van der Waals surface area contributed by atoms with Crippen LogP contribution in [0.25, 0.3) is 0 Å². The third kappa shape index (κ3) is 7.10. The zero-order valence-corrected chi connectivity index (χ0v) is 15.6. The Morgan fingerprint density at radius 3 is 2.15 bits per heavy atom. The summed E-state index contributed by atoms with van der Waals surface area (Å²) in [4.78, 5) is 35.4. The maximum absolute atomic E-state index is 12.8. The highest BCUT2D eigenvalue weighted by Gasteiger charge is 2.09. The van der Waals surface area contributed by atoms with Crippen molar-refractivity contribution < 1.29 is 18.8 Å². The van der Waals surface area contributed by atoms with Gasteiger partial charge in [-0.1, -0.05) is 19.1 Å². The standard InChI is InChI=1S/C19H20FN3O3S/c1-2-13-3-5-14(6-4-13)19(26)23-22-18(25)12-27-11-17(24)21-16-9-7-15(20)8-10-16/h3-10H,2,11-12H2,1H3,(H,21,24)(H,22,25)(H,23,26). The molecule has 0 aliphatic carbocycles. The van der Waals surface area contributed by atoms with Crippen LogP contribution in [0.15, 0.2) is 48.5 Å². The maximum atomic E-state index is 12.8. The molecule has 0 saturated heterocycles. The van der Waals surface area contributed by atoms with Gasteiger partial charge < -0.3 is 5.32 Å². The number of aryl methyl sites for hydroxylation is 1. The van der Waals surface area contributed by atoms with Crippen molar-refractivity contribution in [2.24, 2.45) is 0 Å². The molecule has 0 fully saturated rings. The van der Waals surface area contributed by atoms with Gasteiger partial charge in [0, 0.05) is 11.3 Å². The van der Waals surface area contributed by atoms with Gasteiger partial charge in [0.15, 0.2) is 0 Å². The van der Waals surface area contributed by atoms with E-state index in [1.54, 1.807) is 12.1 Å². The summed E-state index contributed by atoms with van der Waals surface area (Å²) in [5.41, 5.74) is 6.68. The highest BCUT2D eigenvalue weighted by molar-refractivity contribution is 8.00. The third-order valence-corrected chi connectivity index (χ3v) is 4.47. The summed E-state index contributed by atoms with van der Waals surface area (Å²) >= 11 is 1.09. The molecular formula is C19H20FN3O3S. The van der Waals surface area contributed by atoms with E-state index in [4.69, 9.17) is 0 Å². The molecule has 142 valence electrons. The Kier molecular flexibility index (Phi) is 7.81. The molecule has 8 heteroatoms. The van der Waals surface area contributed by atoms with Crippen LogP contribution in [0.5, 0.6) is 0 Å². The van der Waals surface area contributed by atoms with E-state index in [1.165, 1.54) is 24.3 Å². The lowest BCUT2D eigenvalue weighted by molar-refractivity contribution is -0.119. The fourth-order valence-electron chi connectivity index (χ4n) is 2.09. The molecule has 0 saturated carbocycles. The molecule has 0 unspecified atom stereocenters. The number of carbonyl (C=O) groups excluding carboxylic acids is 3. The van der Waals surface area contributed by atoms with Crippen molar-refractivity contribution in [1.82, 2.24) is 10.9 Å². The molecule has 0 bridgehead atoms. The molecule has 27 heavy (non-hydrogen) atoms. The normalized spacial score (nSPS) is 10.1. The highest BCUT2D eigenvalue weighted by Crippen LogP contribution is 2.09. The van der Waals surface area contributed by atoms with E-state index < -0.39 is 11.8 Å². The number of halogens is 1. The molecule has 3 amide bonds. The van der Waals surface area contributed by atoms with Crippen LogP contribution in [0.2, 0.25) is 0 Å². The topological polar surface area (TPSA) is 87.3 Å². The summed E-state index contributed by atoms with van der Waals surface area (Å²) in [7, 11) is 0. The summed E-state index contributed by atoms with van der Waals surface area (Å²) in [5, 5.41) is 2.60. The van der Waals surface area contributed by atoms with Crippen molar-refractivity contribution in [3.05, 3.63) is 65.5 Å². The molecule has 0 aromatic heterocycles. The number of hydrazine groups is 1. The molecule has 0 aliphatic rings. The number of hydrogen-bond acceptors (Lipinski definition) is 4. The number of anilines is 1. The van der Waals surface area contributed by atoms with E-state index in [2.05, 4.69) is 16.2 Å². The number of benzene rings is 2. The van der Waals surface area contributed by atoms with Crippen LogP contribution >= 0.6 is 11.8 Å². The average molecular weight is 389 g/mol. The molecule has 0 atom stereocenters. The monoisotopic (exact) mass is 389 g/mol. The SMILES string of the molecule is CCc1ccc(C(=O)NNC(=O)CSCC(=O)Nc2ccc(F)cc2)cc1. The summed E-state index contributed by atoms with van der Waals surface area (Å²) in [6, 6.07) is 12.5. The number of hydrogen-bond donors (Lipinski definition) is 3. The van der Waals surface area contributed by atoms with Gasteiger partial charge in [-0.2, -0.15) is 0 Å². The van der Waals surface area contributed by atoms with Crippen LogP contribution in [-0.4, -0.2) is 29.2 Å². The second-order valence-electron chi connectivity index (χ2n) is 5.60. The van der Waals surface area contributed by atoms with Crippen molar-refractivity contribution in [3.63, 3.8) is 0 Å². The number of nitrogens with one attached hydrogen (secondary N) is 3. The lowest BCUT2D eigenvalue weighted by Gasteiger charge is -2.08. The number of amides is 3. The smallest absolute Gasteiger partial charge is 0.269 e. The Hall–Kier alpha value is -2.87. The first-order chi connectivity index (χ1) is 13.0. The van der Waals surface area contributed by atoms with Crippen molar-refractivity contribution in [3.8, 4) is 0 Å². The van der Waals surface area contributed by atoms with E-state index in [1.807, 2.05) is 19.1 Å². The van der Waals surface area contributed by atoms with Crippen molar-refractivity contribution in [1.29, 1.82) is 0 Å². The van der Waals surface area contributed by atoms with Gasteiger partial charge in [0.05, 0.1) is 11.5 Å². The van der Waals surface area contributed by atoms with Gasteiger partial charge in [0.25, 0.3) is 5.91 Å². The van der Waals surface area contributed by atoms with Crippen LogP contribution in [0.1, 0.15) is 22.8 Å². The van der Waals surface area contributed by atoms with Crippen LogP contribution in [-0.2, 0) is 16.0 Å². The van der Waals surface area contributed by atoms with E-state index in [0.29, 0.717) is 11.3 Å². The van der Waals surface area contributed by atoms with E-state index in [-0.39, 0.29) is 23.2 Å². The van der Waals surface area contributed by atoms with Gasteiger partial charge in [0.2, 0.25) is 11.8 Å². The van der Waals surface area contributed by atoms with E-state index in [0.717, 1.165) is 23.7 Å². The fourth-order valence-corrected chi connectivity index (χ4v) is 2.71. The van der Waals surface area contributed by atoms with Gasteiger partial charge in [-0.25, -0.2) is 4.39 Å². The minimum absolute atomic E-state index is 0.00584. The number of thioether (sulfide) groups is 1.